The first kappa shape index (κ1) is 13.1. The first-order chi connectivity index (χ1) is 8.70. The first-order valence-corrected chi connectivity index (χ1v) is 6.21. The molecule has 0 bridgehead atoms. The van der Waals surface area contributed by atoms with Gasteiger partial charge in [0.2, 0.25) is 0 Å². The van der Waals surface area contributed by atoms with E-state index in [0.29, 0.717) is 0 Å². The molecule has 0 radical (unpaired) electrons. The number of benzene rings is 1. The van der Waals surface area contributed by atoms with Crippen LogP contribution in [0.2, 0.25) is 0 Å². The SMILES string of the molecule is COc1ccc(C(C)=O)cc1CC1CNCCO1. The van der Waals surface area contributed by atoms with Gasteiger partial charge < -0.3 is 14.8 Å². The number of ketones is 1. The van der Waals surface area contributed by atoms with Crippen molar-refractivity contribution in [2.75, 3.05) is 26.8 Å². The van der Waals surface area contributed by atoms with E-state index in [9.17, 15) is 4.79 Å². The largest absolute Gasteiger partial charge is 0.496 e. The maximum Gasteiger partial charge on any atom is 0.159 e. The Morgan fingerprint density at radius 1 is 1.56 bits per heavy atom. The topological polar surface area (TPSA) is 47.6 Å². The normalized spacial score (nSPS) is 19.6. The number of ether oxygens (including phenoxy) is 2. The highest BCUT2D eigenvalue weighted by molar-refractivity contribution is 5.94. The van der Waals surface area contributed by atoms with Crippen molar-refractivity contribution in [2.45, 2.75) is 19.4 Å². The van der Waals surface area contributed by atoms with E-state index in [-0.39, 0.29) is 11.9 Å². The van der Waals surface area contributed by atoms with Crippen LogP contribution in [-0.2, 0) is 11.2 Å². The standard InChI is InChI=1S/C14H19NO3/c1-10(16)11-3-4-14(17-2)12(7-11)8-13-9-15-5-6-18-13/h3-4,7,13,15H,5-6,8-9H2,1-2H3. The van der Waals surface area contributed by atoms with Crippen LogP contribution in [0.3, 0.4) is 0 Å². The third-order valence-corrected chi connectivity index (χ3v) is 3.14. The molecule has 1 aliphatic rings. The third-order valence-electron chi connectivity index (χ3n) is 3.14. The van der Waals surface area contributed by atoms with Crippen LogP contribution in [-0.4, -0.2) is 38.7 Å². The van der Waals surface area contributed by atoms with E-state index in [2.05, 4.69) is 5.32 Å². The average molecular weight is 249 g/mol. The molecule has 1 saturated heterocycles. The molecule has 1 atom stereocenters. The number of hydrogen-bond donors (Lipinski definition) is 1. The molecular weight excluding hydrogens is 230 g/mol. The lowest BCUT2D eigenvalue weighted by Gasteiger charge is -2.24. The van der Waals surface area contributed by atoms with Crippen molar-refractivity contribution in [3.63, 3.8) is 0 Å². The molecule has 18 heavy (non-hydrogen) atoms. The van der Waals surface area contributed by atoms with Gasteiger partial charge in [0.25, 0.3) is 0 Å². The summed E-state index contributed by atoms with van der Waals surface area (Å²) in [5.41, 5.74) is 1.74. The van der Waals surface area contributed by atoms with Crippen LogP contribution in [0, 0.1) is 0 Å². The van der Waals surface area contributed by atoms with Crippen LogP contribution in [0.1, 0.15) is 22.8 Å². The van der Waals surface area contributed by atoms with Crippen molar-refractivity contribution in [1.82, 2.24) is 5.32 Å². The molecule has 98 valence electrons. The van der Waals surface area contributed by atoms with E-state index < -0.39 is 0 Å². The zero-order valence-electron chi connectivity index (χ0n) is 10.9. The number of rotatable bonds is 4. The maximum atomic E-state index is 11.4. The van der Waals surface area contributed by atoms with Gasteiger partial charge in [-0.05, 0) is 30.7 Å². The molecule has 0 saturated carbocycles. The Morgan fingerprint density at radius 2 is 2.39 bits per heavy atom. The molecule has 4 heteroatoms. The Kier molecular flexibility index (Phi) is 4.33. The molecule has 0 aromatic heterocycles. The molecule has 0 aliphatic carbocycles. The quantitative estimate of drug-likeness (QED) is 0.820. The third kappa shape index (κ3) is 3.09. The summed E-state index contributed by atoms with van der Waals surface area (Å²) in [6, 6.07) is 5.55. The Labute approximate surface area is 107 Å². The lowest BCUT2D eigenvalue weighted by atomic mass is 10.0. The van der Waals surface area contributed by atoms with Gasteiger partial charge in [0, 0.05) is 25.1 Å². The zero-order valence-corrected chi connectivity index (χ0v) is 10.9. The number of carbonyl (C=O) groups excluding carboxylic acids is 1. The van der Waals surface area contributed by atoms with Crippen molar-refractivity contribution in [3.8, 4) is 5.75 Å². The lowest BCUT2D eigenvalue weighted by Crippen LogP contribution is -2.39. The Morgan fingerprint density at radius 3 is 3.00 bits per heavy atom. The molecule has 1 aromatic rings. The maximum absolute atomic E-state index is 11.4. The molecule has 1 fully saturated rings. The minimum atomic E-state index is 0.0709. The molecule has 0 spiro atoms. The van der Waals surface area contributed by atoms with Crippen molar-refractivity contribution < 1.29 is 14.3 Å². The van der Waals surface area contributed by atoms with Gasteiger partial charge in [0.15, 0.2) is 5.78 Å². The number of nitrogens with one attached hydrogen (secondary N) is 1. The van der Waals surface area contributed by atoms with E-state index in [1.807, 2.05) is 12.1 Å². The number of methoxy groups -OCH3 is 1. The minimum absolute atomic E-state index is 0.0709. The average Bonchev–Trinajstić information content (AvgIpc) is 2.39. The summed E-state index contributed by atoms with van der Waals surface area (Å²) in [4.78, 5) is 11.4. The number of Topliss-reactive ketones (excluding diaryl/α,β-unsaturated/α-hetero) is 1. The first-order valence-electron chi connectivity index (χ1n) is 6.21. The van der Waals surface area contributed by atoms with Gasteiger partial charge in [-0.3, -0.25) is 4.79 Å². The monoisotopic (exact) mass is 249 g/mol. The number of hydrogen-bond acceptors (Lipinski definition) is 4. The van der Waals surface area contributed by atoms with E-state index in [0.717, 1.165) is 43.0 Å². The van der Waals surface area contributed by atoms with E-state index in [4.69, 9.17) is 9.47 Å². The molecule has 1 unspecified atom stereocenters. The number of carbonyl (C=O) groups is 1. The lowest BCUT2D eigenvalue weighted by molar-refractivity contribution is 0.0289. The summed E-state index contributed by atoms with van der Waals surface area (Å²) in [5, 5.41) is 3.30. The summed E-state index contributed by atoms with van der Waals surface area (Å²) in [5.74, 6) is 0.885. The summed E-state index contributed by atoms with van der Waals surface area (Å²) in [6.45, 7) is 4.05. The fourth-order valence-corrected chi connectivity index (χ4v) is 2.15. The van der Waals surface area contributed by atoms with Crippen molar-refractivity contribution in [3.05, 3.63) is 29.3 Å². The van der Waals surface area contributed by atoms with E-state index in [1.165, 1.54) is 0 Å². The molecule has 1 heterocycles. The summed E-state index contributed by atoms with van der Waals surface area (Å²) < 4.78 is 11.0. The van der Waals surface area contributed by atoms with Crippen LogP contribution in [0.5, 0.6) is 5.75 Å². The molecule has 4 nitrogen and oxygen atoms in total. The predicted molar refractivity (Wildman–Crippen MR) is 69.3 cm³/mol. The van der Waals surface area contributed by atoms with Gasteiger partial charge in [0.1, 0.15) is 5.75 Å². The molecular formula is C14H19NO3. The van der Waals surface area contributed by atoms with Crippen molar-refractivity contribution in [2.24, 2.45) is 0 Å². The smallest absolute Gasteiger partial charge is 0.159 e. The second kappa shape index (κ2) is 5.98. The highest BCUT2D eigenvalue weighted by Crippen LogP contribution is 2.22. The van der Waals surface area contributed by atoms with Gasteiger partial charge in [0.05, 0.1) is 19.8 Å². The van der Waals surface area contributed by atoms with E-state index >= 15 is 0 Å². The van der Waals surface area contributed by atoms with Crippen LogP contribution in [0.4, 0.5) is 0 Å². The number of morpholine rings is 1. The van der Waals surface area contributed by atoms with Crippen LogP contribution >= 0.6 is 0 Å². The predicted octanol–water partition coefficient (Wildman–Crippen LogP) is 1.43. The fraction of sp³-hybridized carbons (Fsp3) is 0.500. The highest BCUT2D eigenvalue weighted by Gasteiger charge is 2.17. The summed E-state index contributed by atoms with van der Waals surface area (Å²) in [6.07, 6.45) is 0.909. The van der Waals surface area contributed by atoms with Gasteiger partial charge in [-0.15, -0.1) is 0 Å². The fourth-order valence-electron chi connectivity index (χ4n) is 2.15. The minimum Gasteiger partial charge on any atom is -0.496 e. The molecule has 1 N–H and O–H groups in total. The van der Waals surface area contributed by atoms with Gasteiger partial charge in [-0.2, -0.15) is 0 Å². The van der Waals surface area contributed by atoms with Crippen molar-refractivity contribution in [1.29, 1.82) is 0 Å². The zero-order chi connectivity index (χ0) is 13.0. The molecule has 1 aromatic carbocycles. The Balaban J connectivity index is 2.17. The second-order valence-corrected chi connectivity index (χ2v) is 4.48. The van der Waals surface area contributed by atoms with Crippen molar-refractivity contribution >= 4 is 5.78 Å². The summed E-state index contributed by atoms with van der Waals surface area (Å²) in [7, 11) is 1.65. The second-order valence-electron chi connectivity index (χ2n) is 4.48. The van der Waals surface area contributed by atoms with Gasteiger partial charge in [-0.1, -0.05) is 0 Å². The van der Waals surface area contributed by atoms with Crippen LogP contribution in [0.15, 0.2) is 18.2 Å². The van der Waals surface area contributed by atoms with Crippen LogP contribution in [0.25, 0.3) is 0 Å². The summed E-state index contributed by atoms with van der Waals surface area (Å²) >= 11 is 0. The Bertz CT molecular complexity index is 425. The van der Waals surface area contributed by atoms with E-state index in [1.54, 1.807) is 20.1 Å². The highest BCUT2D eigenvalue weighted by atomic mass is 16.5. The van der Waals surface area contributed by atoms with Gasteiger partial charge in [-0.25, -0.2) is 0 Å². The molecule has 0 amide bonds. The van der Waals surface area contributed by atoms with Gasteiger partial charge >= 0.3 is 0 Å². The molecule has 1 aliphatic heterocycles. The Hall–Kier alpha value is -1.39. The van der Waals surface area contributed by atoms with Crippen LogP contribution < -0.4 is 10.1 Å². The molecule has 2 rings (SSSR count).